The number of hydrogen-bond acceptors (Lipinski definition) is 2. The Kier molecular flexibility index (Phi) is 5.18. The van der Waals surface area contributed by atoms with Crippen LogP contribution >= 0.6 is 0 Å². The fourth-order valence-corrected chi connectivity index (χ4v) is 1.92. The Morgan fingerprint density at radius 1 is 1.33 bits per heavy atom. The van der Waals surface area contributed by atoms with E-state index >= 15 is 0 Å². The maximum Gasteiger partial charge on any atom is 0.205 e. The molecule has 0 saturated carbocycles. The molecular weight excluding hydrogens is 240 g/mol. The van der Waals surface area contributed by atoms with Gasteiger partial charge in [0.1, 0.15) is 13.8 Å². The maximum atomic E-state index is 11.6. The monoisotopic (exact) mass is 260 g/mol. The number of carbonyl (C=O) groups excluding carboxylic acids is 1. The number of rotatable bonds is 4. The van der Waals surface area contributed by atoms with Crippen LogP contribution in [0.3, 0.4) is 0 Å². The Balaban J connectivity index is 2.54. The van der Waals surface area contributed by atoms with Gasteiger partial charge in [-0.2, -0.15) is 0 Å². The summed E-state index contributed by atoms with van der Waals surface area (Å²) in [5.41, 5.74) is 4.20. The molecule has 0 spiro atoms. The number of benzene rings is 1. The van der Waals surface area contributed by atoms with E-state index in [1.54, 1.807) is 7.11 Å². The molecule has 3 heteroatoms. The highest BCUT2D eigenvalue weighted by molar-refractivity contribution is 6.84. The first kappa shape index (κ1) is 14.5. The lowest BCUT2D eigenvalue weighted by Crippen LogP contribution is -2.17. The summed E-state index contributed by atoms with van der Waals surface area (Å²) in [5.74, 6) is 3.62. The predicted molar refractivity (Wildman–Crippen MR) is 77.4 cm³/mol. The molecule has 2 nitrogen and oxygen atoms in total. The van der Waals surface area contributed by atoms with Gasteiger partial charge in [0.15, 0.2) is 0 Å². The van der Waals surface area contributed by atoms with Crippen molar-refractivity contribution < 1.29 is 9.53 Å². The number of carbonyl (C=O) groups is 1. The first-order chi connectivity index (χ1) is 8.40. The van der Waals surface area contributed by atoms with Crippen LogP contribution in [-0.4, -0.2) is 21.0 Å². The standard InChI is InChI=1S/C15H20O2Si/c1-17-15-7-5-6-13(12-15)8-9-14(16)10-11-18(2,3)4/h5-7,12H,8-9H2,1-4H3. The fraction of sp³-hybridized carbons (Fsp3) is 0.400. The third-order valence-electron chi connectivity index (χ3n) is 2.35. The molecule has 18 heavy (non-hydrogen) atoms. The number of ether oxygens (including phenoxy) is 1. The molecule has 0 radical (unpaired) electrons. The fourth-order valence-electron chi connectivity index (χ4n) is 1.41. The van der Waals surface area contributed by atoms with Crippen LogP contribution in [-0.2, 0) is 11.2 Å². The van der Waals surface area contributed by atoms with Crippen molar-refractivity contribution in [3.63, 3.8) is 0 Å². The molecule has 0 fully saturated rings. The molecule has 0 aliphatic rings. The molecule has 0 heterocycles. The lowest BCUT2D eigenvalue weighted by Gasteiger charge is -2.04. The van der Waals surface area contributed by atoms with E-state index in [0.717, 1.165) is 17.7 Å². The second-order valence-electron chi connectivity index (χ2n) is 5.27. The molecule has 0 unspecified atom stereocenters. The zero-order chi connectivity index (χ0) is 13.6. The molecule has 1 aromatic carbocycles. The number of aryl methyl sites for hydroxylation is 1. The number of ketones is 1. The Morgan fingerprint density at radius 2 is 2.06 bits per heavy atom. The highest BCUT2D eigenvalue weighted by Crippen LogP contribution is 2.13. The molecule has 0 saturated heterocycles. The molecule has 0 aliphatic carbocycles. The quantitative estimate of drug-likeness (QED) is 0.614. The van der Waals surface area contributed by atoms with Crippen LogP contribution in [0, 0.1) is 11.5 Å². The molecule has 1 rings (SSSR count). The van der Waals surface area contributed by atoms with Gasteiger partial charge in [-0.1, -0.05) is 31.8 Å². The maximum absolute atomic E-state index is 11.6. The minimum absolute atomic E-state index is 0.0280. The first-order valence-electron chi connectivity index (χ1n) is 6.09. The van der Waals surface area contributed by atoms with Crippen molar-refractivity contribution in [1.29, 1.82) is 0 Å². The largest absolute Gasteiger partial charge is 0.497 e. The Morgan fingerprint density at radius 3 is 2.67 bits per heavy atom. The molecule has 0 bridgehead atoms. The third-order valence-corrected chi connectivity index (χ3v) is 3.23. The van der Waals surface area contributed by atoms with Crippen molar-refractivity contribution >= 4 is 13.9 Å². The van der Waals surface area contributed by atoms with Crippen LogP contribution < -0.4 is 4.74 Å². The minimum atomic E-state index is -1.44. The van der Waals surface area contributed by atoms with Crippen molar-refractivity contribution in [3.05, 3.63) is 29.8 Å². The van der Waals surface area contributed by atoms with Crippen LogP contribution in [0.25, 0.3) is 0 Å². The molecule has 0 aliphatic heterocycles. The predicted octanol–water partition coefficient (Wildman–Crippen LogP) is 3.08. The number of methoxy groups -OCH3 is 1. The summed E-state index contributed by atoms with van der Waals surface area (Å²) in [7, 11) is 0.198. The molecule has 0 N–H and O–H groups in total. The topological polar surface area (TPSA) is 26.3 Å². The minimum Gasteiger partial charge on any atom is -0.497 e. The van der Waals surface area contributed by atoms with Crippen molar-refractivity contribution in [1.82, 2.24) is 0 Å². The lowest BCUT2D eigenvalue weighted by atomic mass is 10.1. The van der Waals surface area contributed by atoms with Gasteiger partial charge >= 0.3 is 0 Å². The lowest BCUT2D eigenvalue weighted by molar-refractivity contribution is -0.113. The smallest absolute Gasteiger partial charge is 0.205 e. The van der Waals surface area contributed by atoms with Gasteiger partial charge in [-0.05, 0) is 30.0 Å². The molecule has 0 aromatic heterocycles. The van der Waals surface area contributed by atoms with Gasteiger partial charge in [-0.3, -0.25) is 4.79 Å². The van der Waals surface area contributed by atoms with E-state index in [1.165, 1.54) is 0 Å². The Bertz CT molecular complexity index is 475. The molecule has 0 amide bonds. The summed E-state index contributed by atoms with van der Waals surface area (Å²) >= 11 is 0. The first-order valence-corrected chi connectivity index (χ1v) is 9.59. The van der Waals surface area contributed by atoms with Crippen LogP contribution in [0.4, 0.5) is 0 Å². The van der Waals surface area contributed by atoms with E-state index in [4.69, 9.17) is 4.74 Å². The zero-order valence-electron chi connectivity index (χ0n) is 11.5. The van der Waals surface area contributed by atoms with Crippen molar-refractivity contribution in [2.24, 2.45) is 0 Å². The Hall–Kier alpha value is -1.53. The molecule has 96 valence electrons. The summed E-state index contributed by atoms with van der Waals surface area (Å²) in [6, 6.07) is 7.80. The summed E-state index contributed by atoms with van der Waals surface area (Å²) in [6.07, 6.45) is 1.20. The molecular formula is C15H20O2Si. The SMILES string of the molecule is COc1cccc(CCC(=O)C#C[Si](C)(C)C)c1. The second kappa shape index (κ2) is 6.41. The normalized spacial score (nSPS) is 10.4. The van der Waals surface area contributed by atoms with Gasteiger partial charge in [-0.25, -0.2) is 0 Å². The van der Waals surface area contributed by atoms with Crippen molar-refractivity contribution in [3.8, 4) is 17.2 Å². The van der Waals surface area contributed by atoms with E-state index in [9.17, 15) is 4.79 Å². The van der Waals surface area contributed by atoms with Gasteiger partial charge in [0.25, 0.3) is 0 Å². The van der Waals surface area contributed by atoms with Gasteiger partial charge in [-0.15, -0.1) is 5.54 Å². The highest BCUT2D eigenvalue weighted by Gasteiger charge is 2.08. The van der Waals surface area contributed by atoms with Crippen molar-refractivity contribution in [2.75, 3.05) is 7.11 Å². The van der Waals surface area contributed by atoms with E-state index in [0.29, 0.717) is 6.42 Å². The summed E-state index contributed by atoms with van der Waals surface area (Å²) in [5, 5.41) is 0. The molecule has 0 atom stereocenters. The van der Waals surface area contributed by atoms with Crippen LogP contribution in [0.5, 0.6) is 5.75 Å². The molecule has 1 aromatic rings. The average Bonchev–Trinajstić information content (AvgIpc) is 2.33. The highest BCUT2D eigenvalue weighted by atomic mass is 28.3. The average molecular weight is 260 g/mol. The number of hydrogen-bond donors (Lipinski definition) is 0. The third kappa shape index (κ3) is 5.69. The summed E-state index contributed by atoms with van der Waals surface area (Å²) in [6.45, 7) is 6.40. The second-order valence-corrected chi connectivity index (χ2v) is 10.0. The van der Waals surface area contributed by atoms with Crippen LogP contribution in [0.2, 0.25) is 19.6 Å². The summed E-state index contributed by atoms with van der Waals surface area (Å²) in [4.78, 5) is 11.6. The van der Waals surface area contributed by atoms with Crippen molar-refractivity contribution in [2.45, 2.75) is 32.5 Å². The van der Waals surface area contributed by atoms with Gasteiger partial charge in [0.2, 0.25) is 5.78 Å². The van der Waals surface area contributed by atoms with Crippen LogP contribution in [0.15, 0.2) is 24.3 Å². The van der Waals surface area contributed by atoms with Gasteiger partial charge in [0, 0.05) is 6.42 Å². The Labute approximate surface area is 110 Å². The summed E-state index contributed by atoms with van der Waals surface area (Å²) < 4.78 is 5.15. The van der Waals surface area contributed by atoms with E-state index < -0.39 is 8.07 Å². The van der Waals surface area contributed by atoms with E-state index in [2.05, 4.69) is 31.1 Å². The van der Waals surface area contributed by atoms with Gasteiger partial charge in [0.05, 0.1) is 7.11 Å². The van der Waals surface area contributed by atoms with Crippen LogP contribution in [0.1, 0.15) is 12.0 Å². The van der Waals surface area contributed by atoms with E-state index in [-0.39, 0.29) is 5.78 Å². The van der Waals surface area contributed by atoms with Gasteiger partial charge < -0.3 is 4.74 Å². The number of Topliss-reactive ketones (excluding diaryl/α,β-unsaturated/α-hetero) is 1. The van der Waals surface area contributed by atoms with E-state index in [1.807, 2.05) is 24.3 Å². The zero-order valence-corrected chi connectivity index (χ0v) is 12.5.